The first-order valence-electron chi connectivity index (χ1n) is 8.77. The molecule has 0 fully saturated rings. The molecule has 0 aromatic rings. The molecule has 23 heavy (non-hydrogen) atoms. The van der Waals surface area contributed by atoms with Crippen LogP contribution in [-0.4, -0.2) is 44.1 Å². The Morgan fingerprint density at radius 2 is 1.39 bits per heavy atom. The average molecular weight is 375 g/mol. The monoisotopic (exact) mass is 374 g/mol. The van der Waals surface area contributed by atoms with Crippen molar-refractivity contribution in [1.82, 2.24) is 0 Å². The van der Waals surface area contributed by atoms with Gasteiger partial charge < -0.3 is 9.47 Å². The van der Waals surface area contributed by atoms with Gasteiger partial charge in [-0.05, 0) is 6.42 Å². The molecule has 0 aromatic heterocycles. The Morgan fingerprint density at radius 3 is 1.87 bits per heavy atom. The van der Waals surface area contributed by atoms with Crippen LogP contribution in [0.3, 0.4) is 0 Å². The van der Waals surface area contributed by atoms with Crippen molar-refractivity contribution >= 4 is 30.4 Å². The molecule has 0 N–H and O–H groups in total. The summed E-state index contributed by atoms with van der Waals surface area (Å²) in [6.07, 6.45) is 0.402. The first kappa shape index (κ1) is 22.7. The summed E-state index contributed by atoms with van der Waals surface area (Å²) in [6, 6.07) is 6.90. The molecule has 3 nitrogen and oxygen atoms in total. The van der Waals surface area contributed by atoms with E-state index in [1.807, 2.05) is 0 Å². The van der Waals surface area contributed by atoms with Crippen molar-refractivity contribution in [2.75, 3.05) is 13.7 Å². The van der Waals surface area contributed by atoms with Crippen molar-refractivity contribution in [3.05, 3.63) is 12.3 Å². The van der Waals surface area contributed by atoms with Crippen LogP contribution in [-0.2, 0) is 9.47 Å². The van der Waals surface area contributed by atoms with Gasteiger partial charge in [-0.15, -0.1) is 12.3 Å². The van der Waals surface area contributed by atoms with E-state index < -0.39 is 30.4 Å². The average Bonchev–Trinajstić information content (AvgIpc) is 2.48. The molecular formula is C17H38O3Si3. The van der Waals surface area contributed by atoms with Crippen molar-refractivity contribution < 1.29 is 14.3 Å². The van der Waals surface area contributed by atoms with Gasteiger partial charge in [0.25, 0.3) is 0 Å². The summed E-state index contributed by atoms with van der Waals surface area (Å²) >= 11 is 0. The fourth-order valence-corrected chi connectivity index (χ4v) is 15.0. The van der Waals surface area contributed by atoms with Gasteiger partial charge in [0.15, 0.2) is 0 Å². The van der Waals surface area contributed by atoms with Gasteiger partial charge >= 0.3 is 6.16 Å². The number of ether oxygens (including phenoxy) is 2. The van der Waals surface area contributed by atoms with Gasteiger partial charge in [-0.2, -0.15) is 0 Å². The summed E-state index contributed by atoms with van der Waals surface area (Å²) in [4.78, 5) is 10.9. The number of carbonyl (C=O) groups excluding carboxylic acids is 1. The van der Waals surface area contributed by atoms with E-state index in [-0.39, 0.29) is 0 Å². The van der Waals surface area contributed by atoms with Crippen LogP contribution in [0.15, 0.2) is 12.3 Å². The van der Waals surface area contributed by atoms with Crippen LogP contribution in [0.2, 0.25) is 69.5 Å². The van der Waals surface area contributed by atoms with Crippen molar-refractivity contribution in [3.8, 4) is 0 Å². The van der Waals surface area contributed by atoms with Crippen molar-refractivity contribution in [1.29, 1.82) is 0 Å². The van der Waals surface area contributed by atoms with Crippen molar-refractivity contribution in [2.45, 2.75) is 75.9 Å². The number of hydrogen-bond acceptors (Lipinski definition) is 3. The molecule has 0 radical (unpaired) electrons. The molecule has 0 aromatic carbocycles. The minimum absolute atomic E-state index is 0.489. The molecule has 6 heteroatoms. The lowest BCUT2D eigenvalue weighted by atomic mass is 10.5. The second-order valence-electron chi connectivity index (χ2n) is 8.93. The highest BCUT2D eigenvalue weighted by molar-refractivity contribution is 6.86. The van der Waals surface area contributed by atoms with E-state index in [2.05, 4.69) is 56.3 Å². The Morgan fingerprint density at radius 1 is 0.913 bits per heavy atom. The smallest absolute Gasteiger partial charge is 0.438 e. The molecule has 0 aliphatic rings. The SMILES string of the molecule is C=C[Si](C)(C)CC[Si](C)(C)CC[Si](C)(C)CCCOC(=O)OC. The quantitative estimate of drug-likeness (QED) is 0.252. The van der Waals surface area contributed by atoms with Crippen molar-refractivity contribution in [3.63, 3.8) is 0 Å². The Kier molecular flexibility index (Phi) is 9.69. The zero-order valence-corrected chi connectivity index (χ0v) is 19.5. The predicted octanol–water partition coefficient (Wildman–Crippen LogP) is 6.01. The predicted molar refractivity (Wildman–Crippen MR) is 110 cm³/mol. The molecule has 0 aliphatic heterocycles. The molecular weight excluding hydrogens is 336 g/mol. The lowest BCUT2D eigenvalue weighted by molar-refractivity contribution is 0.0728. The summed E-state index contributed by atoms with van der Waals surface area (Å²) in [6.45, 7) is 19.4. The zero-order valence-electron chi connectivity index (χ0n) is 16.5. The van der Waals surface area contributed by atoms with E-state index in [1.165, 1.54) is 37.3 Å². The first-order chi connectivity index (χ1) is 10.4. The fourth-order valence-electron chi connectivity index (χ4n) is 2.45. The number of methoxy groups -OCH3 is 1. The maximum absolute atomic E-state index is 10.9. The molecule has 0 amide bonds. The highest BCUT2D eigenvalue weighted by Crippen LogP contribution is 2.29. The molecule has 0 aliphatic carbocycles. The van der Waals surface area contributed by atoms with E-state index in [0.29, 0.717) is 6.61 Å². The molecule has 0 heterocycles. The molecule has 0 bridgehead atoms. The summed E-state index contributed by atoms with van der Waals surface area (Å²) in [5, 5.41) is 0. The molecule has 0 rings (SSSR count). The van der Waals surface area contributed by atoms with E-state index in [0.717, 1.165) is 6.42 Å². The number of carbonyl (C=O) groups is 1. The van der Waals surface area contributed by atoms with Gasteiger partial charge in [0.1, 0.15) is 0 Å². The van der Waals surface area contributed by atoms with E-state index in [1.54, 1.807) is 0 Å². The summed E-state index contributed by atoms with van der Waals surface area (Å²) in [5.74, 6) is 0. The van der Waals surface area contributed by atoms with Crippen LogP contribution in [0.5, 0.6) is 0 Å². The van der Waals surface area contributed by atoms with E-state index >= 15 is 0 Å². The highest BCUT2D eigenvalue weighted by Gasteiger charge is 2.29. The van der Waals surface area contributed by atoms with Crippen LogP contribution in [0.4, 0.5) is 4.79 Å². The standard InChI is InChI=1S/C17H38O3Si3/c1-9-21(3,4)13-14-23(7,8)16-15-22(5,6)12-10-11-20-17(18)19-2/h9H,1,10-16H2,2-8H3. The Labute approximate surface area is 146 Å². The zero-order chi connectivity index (χ0) is 18.1. The second-order valence-corrected chi connectivity index (χ2v) is 24.5. The third kappa shape index (κ3) is 11.8. The van der Waals surface area contributed by atoms with Gasteiger partial charge in [0.05, 0.1) is 21.8 Å². The lowest BCUT2D eigenvalue weighted by Crippen LogP contribution is -2.34. The minimum Gasteiger partial charge on any atom is -0.438 e. The molecule has 0 saturated heterocycles. The first-order valence-corrected chi connectivity index (χ1v) is 18.9. The Hall–Kier alpha value is -0.339. The maximum atomic E-state index is 10.9. The van der Waals surface area contributed by atoms with E-state index in [9.17, 15) is 4.79 Å². The van der Waals surface area contributed by atoms with Gasteiger partial charge in [-0.1, -0.05) is 69.5 Å². The molecule has 136 valence electrons. The fraction of sp³-hybridized carbons (Fsp3) is 0.824. The number of rotatable bonds is 11. The topological polar surface area (TPSA) is 35.5 Å². The second kappa shape index (κ2) is 9.84. The normalized spacial score (nSPS) is 12.8. The number of hydrogen-bond donors (Lipinski definition) is 0. The summed E-state index contributed by atoms with van der Waals surface area (Å²) in [5.41, 5.74) is 2.23. The molecule has 0 spiro atoms. The minimum atomic E-state index is -1.18. The highest BCUT2D eigenvalue weighted by atomic mass is 28.3. The third-order valence-electron chi connectivity index (χ3n) is 4.86. The van der Waals surface area contributed by atoms with Gasteiger partial charge in [0.2, 0.25) is 0 Å². The maximum Gasteiger partial charge on any atom is 0.507 e. The van der Waals surface area contributed by atoms with Crippen LogP contribution in [0.1, 0.15) is 6.42 Å². The van der Waals surface area contributed by atoms with Gasteiger partial charge in [-0.25, -0.2) is 4.79 Å². The molecule has 0 unspecified atom stereocenters. The third-order valence-corrected chi connectivity index (χ3v) is 15.0. The van der Waals surface area contributed by atoms with Crippen LogP contribution >= 0.6 is 0 Å². The Bertz CT molecular complexity index is 379. The molecule has 0 saturated carbocycles. The summed E-state index contributed by atoms with van der Waals surface area (Å²) < 4.78 is 9.48. The Balaban J connectivity index is 4.14. The summed E-state index contributed by atoms with van der Waals surface area (Å²) in [7, 11) is -2.08. The molecule has 0 atom stereocenters. The van der Waals surface area contributed by atoms with Crippen LogP contribution in [0.25, 0.3) is 0 Å². The van der Waals surface area contributed by atoms with Crippen LogP contribution < -0.4 is 0 Å². The van der Waals surface area contributed by atoms with E-state index in [4.69, 9.17) is 4.74 Å². The largest absolute Gasteiger partial charge is 0.507 e. The van der Waals surface area contributed by atoms with Gasteiger partial charge in [0, 0.05) is 16.1 Å². The van der Waals surface area contributed by atoms with Crippen LogP contribution in [0, 0.1) is 0 Å². The lowest BCUT2D eigenvalue weighted by Gasteiger charge is -2.30. The van der Waals surface area contributed by atoms with Crippen molar-refractivity contribution in [2.24, 2.45) is 0 Å². The van der Waals surface area contributed by atoms with Gasteiger partial charge in [-0.3, -0.25) is 0 Å².